The number of hydrogen-bond acceptors (Lipinski definition) is 4. The number of carbonyl (C=O) groups is 1. The molecule has 4 heteroatoms. The maximum Gasteiger partial charge on any atom is 0.337 e. The zero-order valence-electron chi connectivity index (χ0n) is 11.8. The molecule has 0 amide bonds. The average molecular weight is 262 g/mol. The summed E-state index contributed by atoms with van der Waals surface area (Å²) in [6.07, 6.45) is 0. The number of hydrogen-bond donors (Lipinski definition) is 1. The maximum atomic E-state index is 11.4. The van der Waals surface area contributed by atoms with E-state index in [9.17, 15) is 4.79 Å². The van der Waals surface area contributed by atoms with Crippen LogP contribution in [-0.4, -0.2) is 38.8 Å². The Morgan fingerprint density at radius 3 is 2.63 bits per heavy atom. The second-order valence-electron chi connectivity index (χ2n) is 5.29. The third-order valence-electron chi connectivity index (χ3n) is 3.66. The summed E-state index contributed by atoms with van der Waals surface area (Å²) in [6, 6.07) is 8.17. The van der Waals surface area contributed by atoms with Crippen LogP contribution in [0.5, 0.6) is 0 Å². The molecule has 1 saturated heterocycles. The van der Waals surface area contributed by atoms with E-state index in [-0.39, 0.29) is 5.97 Å². The fourth-order valence-corrected chi connectivity index (χ4v) is 2.39. The molecular formula is C15H22N2O2. The largest absolute Gasteiger partial charge is 0.465 e. The van der Waals surface area contributed by atoms with Crippen molar-refractivity contribution < 1.29 is 9.53 Å². The summed E-state index contributed by atoms with van der Waals surface area (Å²) in [5.74, 6) is 0.337. The van der Waals surface area contributed by atoms with Crippen LogP contribution in [-0.2, 0) is 4.74 Å². The first-order valence-corrected chi connectivity index (χ1v) is 6.78. The van der Waals surface area contributed by atoms with Gasteiger partial charge < -0.3 is 15.0 Å². The van der Waals surface area contributed by atoms with E-state index in [2.05, 4.69) is 24.1 Å². The van der Waals surface area contributed by atoms with Gasteiger partial charge in [0.05, 0.1) is 12.7 Å². The van der Waals surface area contributed by atoms with Gasteiger partial charge in [-0.05, 0) is 30.2 Å². The number of anilines is 1. The highest BCUT2D eigenvalue weighted by Crippen LogP contribution is 2.19. The van der Waals surface area contributed by atoms with Crippen molar-refractivity contribution in [2.24, 2.45) is 5.92 Å². The van der Waals surface area contributed by atoms with Crippen molar-refractivity contribution in [1.29, 1.82) is 0 Å². The number of rotatable bonds is 3. The van der Waals surface area contributed by atoms with Crippen LogP contribution in [0.25, 0.3) is 0 Å². The van der Waals surface area contributed by atoms with Crippen LogP contribution >= 0.6 is 0 Å². The topological polar surface area (TPSA) is 41.6 Å². The lowest BCUT2D eigenvalue weighted by atomic mass is 10.0. The molecule has 1 aromatic rings. The van der Waals surface area contributed by atoms with Crippen LogP contribution in [0.2, 0.25) is 0 Å². The second-order valence-corrected chi connectivity index (χ2v) is 5.29. The lowest BCUT2D eigenvalue weighted by Gasteiger charge is -2.37. The van der Waals surface area contributed by atoms with Gasteiger partial charge in [-0.1, -0.05) is 13.8 Å². The van der Waals surface area contributed by atoms with Crippen LogP contribution in [0.15, 0.2) is 24.3 Å². The molecule has 1 aliphatic rings. The molecular weight excluding hydrogens is 240 g/mol. The molecule has 0 spiro atoms. The SMILES string of the molecule is COC(=O)c1ccc(N2CCN[C@@H](C(C)C)C2)cc1. The highest BCUT2D eigenvalue weighted by Gasteiger charge is 2.21. The second kappa shape index (κ2) is 6.06. The monoisotopic (exact) mass is 262 g/mol. The van der Waals surface area contributed by atoms with Crippen LogP contribution in [0.1, 0.15) is 24.2 Å². The molecule has 0 bridgehead atoms. The fourth-order valence-electron chi connectivity index (χ4n) is 2.39. The van der Waals surface area contributed by atoms with E-state index in [0.717, 1.165) is 19.6 Å². The van der Waals surface area contributed by atoms with Crippen LogP contribution in [0.4, 0.5) is 5.69 Å². The van der Waals surface area contributed by atoms with E-state index in [1.54, 1.807) is 0 Å². The molecule has 1 aliphatic heterocycles. The highest BCUT2D eigenvalue weighted by molar-refractivity contribution is 5.89. The summed E-state index contributed by atoms with van der Waals surface area (Å²) in [6.45, 7) is 7.49. The number of methoxy groups -OCH3 is 1. The lowest BCUT2D eigenvalue weighted by Crippen LogP contribution is -2.52. The molecule has 0 radical (unpaired) electrons. The Labute approximate surface area is 114 Å². The van der Waals surface area contributed by atoms with E-state index in [1.165, 1.54) is 12.8 Å². The normalized spacial score (nSPS) is 19.6. The Kier molecular flexibility index (Phi) is 4.43. The first-order chi connectivity index (χ1) is 9.11. The Bertz CT molecular complexity index is 428. The first-order valence-electron chi connectivity index (χ1n) is 6.78. The molecule has 1 heterocycles. The molecule has 2 rings (SSSR count). The Morgan fingerprint density at radius 2 is 2.05 bits per heavy atom. The summed E-state index contributed by atoms with van der Waals surface area (Å²) in [7, 11) is 1.40. The third-order valence-corrected chi connectivity index (χ3v) is 3.66. The van der Waals surface area contributed by atoms with Crippen molar-refractivity contribution in [3.05, 3.63) is 29.8 Å². The smallest absolute Gasteiger partial charge is 0.337 e. The molecule has 0 aliphatic carbocycles. The lowest BCUT2D eigenvalue weighted by molar-refractivity contribution is 0.0601. The highest BCUT2D eigenvalue weighted by atomic mass is 16.5. The van der Waals surface area contributed by atoms with E-state index in [0.29, 0.717) is 17.5 Å². The van der Waals surface area contributed by atoms with Gasteiger partial charge in [0.1, 0.15) is 0 Å². The fraction of sp³-hybridized carbons (Fsp3) is 0.533. The minimum absolute atomic E-state index is 0.285. The van der Waals surface area contributed by atoms with Crippen LogP contribution in [0, 0.1) is 5.92 Å². The summed E-state index contributed by atoms with van der Waals surface area (Å²) < 4.78 is 4.71. The van der Waals surface area contributed by atoms with Crippen LogP contribution < -0.4 is 10.2 Å². The van der Waals surface area contributed by atoms with E-state index in [1.807, 2.05) is 24.3 Å². The minimum Gasteiger partial charge on any atom is -0.465 e. The Hall–Kier alpha value is -1.55. The van der Waals surface area contributed by atoms with Gasteiger partial charge in [0.25, 0.3) is 0 Å². The summed E-state index contributed by atoms with van der Waals surface area (Å²) >= 11 is 0. The predicted molar refractivity (Wildman–Crippen MR) is 76.6 cm³/mol. The Balaban J connectivity index is 2.07. The minimum atomic E-state index is -0.285. The number of ether oxygens (including phenoxy) is 1. The molecule has 1 fully saturated rings. The van der Waals surface area contributed by atoms with Crippen molar-refractivity contribution in [2.45, 2.75) is 19.9 Å². The standard InChI is InChI=1S/C15H22N2O2/c1-11(2)14-10-17(9-8-16-14)13-6-4-12(5-7-13)15(18)19-3/h4-7,11,14,16H,8-10H2,1-3H3/t14-/m1/s1. The van der Waals surface area contributed by atoms with Gasteiger partial charge in [-0.25, -0.2) is 4.79 Å². The first kappa shape index (κ1) is 13.9. The van der Waals surface area contributed by atoms with Crippen molar-refractivity contribution >= 4 is 11.7 Å². The summed E-state index contributed by atoms with van der Waals surface area (Å²) in [5.41, 5.74) is 1.77. The zero-order chi connectivity index (χ0) is 13.8. The van der Waals surface area contributed by atoms with Crippen molar-refractivity contribution in [1.82, 2.24) is 5.32 Å². The quantitative estimate of drug-likeness (QED) is 0.845. The van der Waals surface area contributed by atoms with Gasteiger partial charge in [-0.2, -0.15) is 0 Å². The Morgan fingerprint density at radius 1 is 1.37 bits per heavy atom. The van der Waals surface area contributed by atoms with Crippen LogP contribution in [0.3, 0.4) is 0 Å². The van der Waals surface area contributed by atoms with Gasteiger partial charge in [-0.15, -0.1) is 0 Å². The number of esters is 1. The molecule has 0 saturated carbocycles. The molecule has 0 aromatic heterocycles. The number of benzene rings is 1. The molecule has 1 atom stereocenters. The number of nitrogens with zero attached hydrogens (tertiary/aromatic N) is 1. The van der Waals surface area contributed by atoms with Gasteiger partial charge in [0.2, 0.25) is 0 Å². The molecule has 4 nitrogen and oxygen atoms in total. The van der Waals surface area contributed by atoms with Gasteiger partial charge >= 0.3 is 5.97 Å². The summed E-state index contributed by atoms with van der Waals surface area (Å²) in [5, 5.41) is 3.54. The molecule has 1 aromatic carbocycles. The number of nitrogens with one attached hydrogen (secondary N) is 1. The van der Waals surface area contributed by atoms with Gasteiger partial charge in [-0.3, -0.25) is 0 Å². The van der Waals surface area contributed by atoms with Gasteiger partial charge in [0, 0.05) is 31.4 Å². The number of piperazine rings is 1. The van der Waals surface area contributed by atoms with Crippen molar-refractivity contribution in [3.63, 3.8) is 0 Å². The van der Waals surface area contributed by atoms with E-state index in [4.69, 9.17) is 4.74 Å². The molecule has 1 N–H and O–H groups in total. The average Bonchev–Trinajstić information content (AvgIpc) is 2.46. The van der Waals surface area contributed by atoms with Crippen molar-refractivity contribution in [2.75, 3.05) is 31.6 Å². The summed E-state index contributed by atoms with van der Waals surface area (Å²) in [4.78, 5) is 13.8. The predicted octanol–water partition coefficient (Wildman–Crippen LogP) is 1.91. The van der Waals surface area contributed by atoms with Gasteiger partial charge in [0.15, 0.2) is 0 Å². The molecule has 19 heavy (non-hydrogen) atoms. The zero-order valence-corrected chi connectivity index (χ0v) is 11.8. The molecule has 0 unspecified atom stereocenters. The third kappa shape index (κ3) is 3.26. The van der Waals surface area contributed by atoms with E-state index >= 15 is 0 Å². The van der Waals surface area contributed by atoms with E-state index < -0.39 is 0 Å². The maximum absolute atomic E-state index is 11.4. The molecule has 104 valence electrons. The van der Waals surface area contributed by atoms with Crippen molar-refractivity contribution in [3.8, 4) is 0 Å². The number of carbonyl (C=O) groups excluding carboxylic acids is 1.